The fourth-order valence-corrected chi connectivity index (χ4v) is 2.12. The number of nitrogen functional groups attached to an aromatic ring is 1. The highest BCUT2D eigenvalue weighted by atomic mass is 79.9. The Morgan fingerprint density at radius 1 is 1.29 bits per heavy atom. The molecule has 0 spiro atoms. The van der Waals surface area contributed by atoms with E-state index in [1.54, 1.807) is 6.20 Å². The summed E-state index contributed by atoms with van der Waals surface area (Å²) < 4.78 is 0.817. The average Bonchev–Trinajstić information content (AvgIpc) is 2.32. The lowest BCUT2D eigenvalue weighted by molar-refractivity contribution is 1.07. The number of aromatic nitrogens is 2. The molecule has 88 valence electrons. The van der Waals surface area contributed by atoms with Crippen molar-refractivity contribution in [3.8, 4) is 0 Å². The standard InChI is InChI=1S/C12H13BrN4/c1-8-5-3-4-6-10(8)17(2)11-9(13)7-15-12(14)16-11/h3-7H,1-2H3,(H2,14,15,16). The fraction of sp³-hybridized carbons (Fsp3) is 0.167. The number of para-hydroxylation sites is 1. The predicted octanol–water partition coefficient (Wildman–Crippen LogP) is 2.90. The highest BCUT2D eigenvalue weighted by Gasteiger charge is 2.12. The van der Waals surface area contributed by atoms with Gasteiger partial charge >= 0.3 is 0 Å². The van der Waals surface area contributed by atoms with E-state index >= 15 is 0 Å². The molecule has 0 amide bonds. The van der Waals surface area contributed by atoms with Crippen LogP contribution in [-0.2, 0) is 0 Å². The molecular weight excluding hydrogens is 280 g/mol. The molecule has 0 bridgehead atoms. The molecule has 4 nitrogen and oxygen atoms in total. The molecule has 2 aromatic rings. The number of rotatable bonds is 2. The molecule has 1 aromatic heterocycles. The zero-order valence-electron chi connectivity index (χ0n) is 9.68. The first kappa shape index (κ1) is 11.9. The Bertz CT molecular complexity index is 542. The monoisotopic (exact) mass is 292 g/mol. The van der Waals surface area contributed by atoms with Crippen LogP contribution in [0.1, 0.15) is 5.56 Å². The van der Waals surface area contributed by atoms with E-state index in [-0.39, 0.29) is 5.95 Å². The fourth-order valence-electron chi connectivity index (χ4n) is 1.66. The molecular formula is C12H13BrN4. The molecule has 2 rings (SSSR count). The Morgan fingerprint density at radius 3 is 2.71 bits per heavy atom. The summed E-state index contributed by atoms with van der Waals surface area (Å²) in [5.74, 6) is 1.02. The summed E-state index contributed by atoms with van der Waals surface area (Å²) in [5.41, 5.74) is 7.88. The maximum absolute atomic E-state index is 5.61. The van der Waals surface area contributed by atoms with Gasteiger partial charge in [0.15, 0.2) is 5.82 Å². The van der Waals surface area contributed by atoms with Gasteiger partial charge < -0.3 is 10.6 Å². The van der Waals surface area contributed by atoms with Crippen LogP contribution in [0.3, 0.4) is 0 Å². The second-order valence-electron chi connectivity index (χ2n) is 3.75. The zero-order valence-corrected chi connectivity index (χ0v) is 11.3. The summed E-state index contributed by atoms with van der Waals surface area (Å²) >= 11 is 3.43. The number of aryl methyl sites for hydroxylation is 1. The number of nitrogens with zero attached hydrogens (tertiary/aromatic N) is 3. The van der Waals surface area contributed by atoms with Crippen LogP contribution in [0.5, 0.6) is 0 Å². The first-order valence-electron chi connectivity index (χ1n) is 5.17. The molecule has 0 aliphatic carbocycles. The van der Waals surface area contributed by atoms with Crippen LogP contribution in [0.4, 0.5) is 17.5 Å². The van der Waals surface area contributed by atoms with E-state index in [4.69, 9.17) is 5.73 Å². The van der Waals surface area contributed by atoms with E-state index < -0.39 is 0 Å². The molecule has 17 heavy (non-hydrogen) atoms. The molecule has 1 aromatic carbocycles. The molecule has 0 aliphatic rings. The second-order valence-corrected chi connectivity index (χ2v) is 4.60. The number of nitrogens with two attached hydrogens (primary N) is 1. The van der Waals surface area contributed by atoms with Crippen molar-refractivity contribution >= 4 is 33.4 Å². The normalized spacial score (nSPS) is 10.3. The van der Waals surface area contributed by atoms with Gasteiger partial charge in [0.1, 0.15) is 0 Å². The molecule has 0 unspecified atom stereocenters. The van der Waals surface area contributed by atoms with Crippen molar-refractivity contribution < 1.29 is 0 Å². The van der Waals surface area contributed by atoms with E-state index in [1.807, 2.05) is 30.1 Å². The second kappa shape index (κ2) is 4.71. The van der Waals surface area contributed by atoms with Gasteiger partial charge in [0, 0.05) is 18.9 Å². The Kier molecular flexibility index (Phi) is 3.28. The molecule has 0 saturated heterocycles. The van der Waals surface area contributed by atoms with Crippen molar-refractivity contribution in [2.24, 2.45) is 0 Å². The van der Waals surface area contributed by atoms with Gasteiger partial charge in [-0.25, -0.2) is 4.98 Å². The maximum atomic E-state index is 5.61. The highest BCUT2D eigenvalue weighted by Crippen LogP contribution is 2.30. The van der Waals surface area contributed by atoms with Gasteiger partial charge in [-0.3, -0.25) is 0 Å². The summed E-state index contributed by atoms with van der Waals surface area (Å²) in [7, 11) is 1.95. The van der Waals surface area contributed by atoms with Crippen LogP contribution < -0.4 is 10.6 Å². The zero-order chi connectivity index (χ0) is 12.4. The number of anilines is 3. The van der Waals surface area contributed by atoms with Gasteiger partial charge in [0.05, 0.1) is 4.47 Å². The third kappa shape index (κ3) is 2.39. The van der Waals surface area contributed by atoms with Crippen molar-refractivity contribution in [3.63, 3.8) is 0 Å². The molecule has 0 atom stereocenters. The van der Waals surface area contributed by atoms with E-state index in [0.717, 1.165) is 16.0 Å². The van der Waals surface area contributed by atoms with E-state index in [2.05, 4.69) is 38.9 Å². The lowest BCUT2D eigenvalue weighted by Gasteiger charge is -2.21. The Balaban J connectivity index is 2.47. The SMILES string of the molecule is Cc1ccccc1N(C)c1nc(N)ncc1Br. The summed E-state index contributed by atoms with van der Waals surface area (Å²) in [6.45, 7) is 2.06. The van der Waals surface area contributed by atoms with Crippen LogP contribution in [0.2, 0.25) is 0 Å². The Labute approximate surface area is 109 Å². The quantitative estimate of drug-likeness (QED) is 0.925. The minimum absolute atomic E-state index is 0.267. The number of hydrogen-bond acceptors (Lipinski definition) is 4. The van der Waals surface area contributed by atoms with E-state index in [1.165, 1.54) is 5.56 Å². The lowest BCUT2D eigenvalue weighted by Crippen LogP contribution is -2.14. The maximum Gasteiger partial charge on any atom is 0.222 e. The molecule has 2 N–H and O–H groups in total. The van der Waals surface area contributed by atoms with Crippen LogP contribution in [-0.4, -0.2) is 17.0 Å². The first-order chi connectivity index (χ1) is 8.09. The summed E-state index contributed by atoms with van der Waals surface area (Å²) in [6.07, 6.45) is 1.66. The molecule has 0 aliphatic heterocycles. The van der Waals surface area contributed by atoms with Crippen LogP contribution in [0.15, 0.2) is 34.9 Å². The number of hydrogen-bond donors (Lipinski definition) is 1. The lowest BCUT2D eigenvalue weighted by atomic mass is 10.2. The van der Waals surface area contributed by atoms with Gasteiger partial charge in [-0.1, -0.05) is 18.2 Å². The predicted molar refractivity (Wildman–Crippen MR) is 73.4 cm³/mol. The van der Waals surface area contributed by atoms with Gasteiger partial charge in [-0.2, -0.15) is 4.98 Å². The minimum atomic E-state index is 0.267. The Hall–Kier alpha value is -1.62. The third-order valence-corrected chi connectivity index (χ3v) is 3.10. The van der Waals surface area contributed by atoms with Crippen molar-refractivity contribution in [1.82, 2.24) is 9.97 Å². The third-order valence-electron chi connectivity index (χ3n) is 2.54. The average molecular weight is 293 g/mol. The van der Waals surface area contributed by atoms with Crippen molar-refractivity contribution in [2.45, 2.75) is 6.92 Å². The largest absolute Gasteiger partial charge is 0.368 e. The summed E-state index contributed by atoms with van der Waals surface area (Å²) in [6, 6.07) is 8.11. The number of benzene rings is 1. The van der Waals surface area contributed by atoms with E-state index in [9.17, 15) is 0 Å². The van der Waals surface area contributed by atoms with E-state index in [0.29, 0.717) is 0 Å². The highest BCUT2D eigenvalue weighted by molar-refractivity contribution is 9.10. The van der Waals surface area contributed by atoms with Crippen LogP contribution >= 0.6 is 15.9 Å². The summed E-state index contributed by atoms with van der Waals surface area (Å²) in [4.78, 5) is 10.2. The van der Waals surface area contributed by atoms with Crippen molar-refractivity contribution in [1.29, 1.82) is 0 Å². The van der Waals surface area contributed by atoms with Gasteiger partial charge in [0.2, 0.25) is 5.95 Å². The molecule has 0 saturated carbocycles. The molecule has 0 radical (unpaired) electrons. The van der Waals surface area contributed by atoms with Gasteiger partial charge in [-0.15, -0.1) is 0 Å². The molecule has 5 heteroatoms. The molecule has 1 heterocycles. The topological polar surface area (TPSA) is 55.0 Å². The van der Waals surface area contributed by atoms with Gasteiger partial charge in [0.25, 0.3) is 0 Å². The van der Waals surface area contributed by atoms with Crippen LogP contribution in [0, 0.1) is 6.92 Å². The summed E-state index contributed by atoms with van der Waals surface area (Å²) in [5, 5.41) is 0. The Morgan fingerprint density at radius 2 is 2.00 bits per heavy atom. The van der Waals surface area contributed by atoms with Gasteiger partial charge in [-0.05, 0) is 34.5 Å². The smallest absolute Gasteiger partial charge is 0.222 e. The van der Waals surface area contributed by atoms with Crippen molar-refractivity contribution in [2.75, 3.05) is 17.7 Å². The first-order valence-corrected chi connectivity index (χ1v) is 5.96. The number of halogens is 1. The van der Waals surface area contributed by atoms with Crippen LogP contribution in [0.25, 0.3) is 0 Å². The minimum Gasteiger partial charge on any atom is -0.368 e. The van der Waals surface area contributed by atoms with Crippen molar-refractivity contribution in [3.05, 3.63) is 40.5 Å². The molecule has 0 fully saturated rings.